The number of nitrogens with two attached hydrogens (primary N) is 1. The van der Waals surface area contributed by atoms with Crippen molar-refractivity contribution in [3.8, 4) is 0 Å². The van der Waals surface area contributed by atoms with E-state index in [1.54, 1.807) is 25.3 Å². The Bertz CT molecular complexity index is 987. The lowest BCUT2D eigenvalue weighted by Crippen LogP contribution is -2.47. The normalized spacial score (nSPS) is 37.3. The number of fused-ring (bicyclic) bond motifs is 2. The van der Waals surface area contributed by atoms with Crippen molar-refractivity contribution in [3.05, 3.63) is 12.0 Å². The van der Waals surface area contributed by atoms with Gasteiger partial charge in [0.05, 0.1) is 19.0 Å². The quantitative estimate of drug-likeness (QED) is 0.232. The molecule has 1 unspecified atom stereocenters. The number of halogens is 2. The number of hydrogen-bond acceptors (Lipinski definition) is 10. The summed E-state index contributed by atoms with van der Waals surface area (Å²) in [5.74, 6) is -0.0611. The van der Waals surface area contributed by atoms with Gasteiger partial charge in [-0.15, -0.1) is 11.6 Å². The minimum atomic E-state index is -3.88. The van der Waals surface area contributed by atoms with Gasteiger partial charge in [-0.05, 0) is 27.7 Å². The Hall–Kier alpha value is -1.40. The molecule has 0 amide bonds. The average molecular weight is 511 g/mol. The van der Waals surface area contributed by atoms with E-state index in [9.17, 15) is 9.36 Å². The van der Waals surface area contributed by atoms with Crippen LogP contribution in [0.5, 0.6) is 0 Å². The van der Waals surface area contributed by atoms with Crippen LogP contribution in [-0.2, 0) is 27.9 Å². The molecule has 1 aromatic rings. The fourth-order valence-electron chi connectivity index (χ4n) is 3.73. The standard InChI is InChI=1S/C17H25Cl2N6O6P/c1-7(2)29-14(26)8(3)24-32(27)28-5-9-11(31-32)17(4,19)15(30-9)25-6-21-10-12(18)22-16(20)23-13(10)25/h6-9,11-12,15H,5H2,1-4H3,(H,24,27)(H3,20,22,23)/t8-,9-,11-,12?,15-,17-,32+/m1/s1. The van der Waals surface area contributed by atoms with Crippen molar-refractivity contribution in [2.45, 2.75) is 68.7 Å². The van der Waals surface area contributed by atoms with Gasteiger partial charge in [0.2, 0.25) is 0 Å². The van der Waals surface area contributed by atoms with E-state index in [2.05, 4.69) is 20.4 Å². The van der Waals surface area contributed by atoms with Crippen LogP contribution in [0.2, 0.25) is 0 Å². The SMILES string of the molecule is CC(C)OC(=O)[C@@H](C)N[P@]1(=O)OC[C@H]2O[C@@H](n3cnc4c3N=C(N)NC4Cl)[C@](C)(Cl)[C@@H]2O1. The van der Waals surface area contributed by atoms with Crippen LogP contribution in [0.1, 0.15) is 45.1 Å². The smallest absolute Gasteiger partial charge is 0.406 e. The van der Waals surface area contributed by atoms with E-state index < -0.39 is 48.6 Å². The molecule has 0 saturated carbocycles. The second-order valence-electron chi connectivity index (χ2n) is 8.20. The number of alkyl halides is 2. The predicted octanol–water partition coefficient (Wildman–Crippen LogP) is 2.02. The van der Waals surface area contributed by atoms with Crippen LogP contribution in [0.15, 0.2) is 11.3 Å². The summed E-state index contributed by atoms with van der Waals surface area (Å²) in [7, 11) is -3.88. The third kappa shape index (κ3) is 4.25. The van der Waals surface area contributed by atoms with Crippen molar-refractivity contribution in [2.75, 3.05) is 6.61 Å². The van der Waals surface area contributed by atoms with E-state index in [4.69, 9.17) is 47.5 Å². The summed E-state index contributed by atoms with van der Waals surface area (Å²) >= 11 is 13.1. The number of aliphatic imine (C=N–C) groups is 1. The summed E-state index contributed by atoms with van der Waals surface area (Å²) in [4.78, 5) is 19.5. The number of esters is 1. The molecule has 1 aromatic heterocycles. The molecule has 178 valence electrons. The Kier molecular flexibility index (Phi) is 6.25. The van der Waals surface area contributed by atoms with Gasteiger partial charge in [0.15, 0.2) is 23.5 Å². The number of carbonyl (C=O) groups is 1. The maximum absolute atomic E-state index is 13.2. The minimum Gasteiger partial charge on any atom is -0.462 e. The number of guanidine groups is 1. The van der Waals surface area contributed by atoms with Gasteiger partial charge in [0.1, 0.15) is 28.8 Å². The number of rotatable bonds is 5. The van der Waals surface area contributed by atoms with Crippen LogP contribution in [0, 0.1) is 0 Å². The Labute approximate surface area is 194 Å². The van der Waals surface area contributed by atoms with Gasteiger partial charge >= 0.3 is 13.7 Å². The molecule has 0 bridgehead atoms. The monoisotopic (exact) mass is 510 g/mol. The number of carbonyl (C=O) groups excluding carboxylic acids is 1. The van der Waals surface area contributed by atoms with Gasteiger partial charge < -0.3 is 20.5 Å². The first-order chi connectivity index (χ1) is 14.9. The molecule has 2 fully saturated rings. The zero-order chi connectivity index (χ0) is 23.4. The fourth-order valence-corrected chi connectivity index (χ4v) is 6.17. The molecule has 0 aliphatic carbocycles. The number of imidazole rings is 1. The molecule has 0 radical (unpaired) electrons. The highest BCUT2D eigenvalue weighted by molar-refractivity contribution is 7.51. The molecule has 2 saturated heterocycles. The number of hydrogen-bond donors (Lipinski definition) is 3. The van der Waals surface area contributed by atoms with Gasteiger partial charge in [-0.3, -0.25) is 18.4 Å². The Morgan fingerprint density at radius 3 is 2.91 bits per heavy atom. The summed E-state index contributed by atoms with van der Waals surface area (Å²) in [6.07, 6.45) is -1.08. The second-order valence-corrected chi connectivity index (χ2v) is 11.2. The number of ether oxygens (including phenoxy) is 2. The topological polar surface area (TPSA) is 151 Å². The van der Waals surface area contributed by atoms with Crippen molar-refractivity contribution in [1.82, 2.24) is 20.0 Å². The molecule has 3 aliphatic heterocycles. The van der Waals surface area contributed by atoms with Crippen LogP contribution < -0.4 is 16.1 Å². The third-order valence-electron chi connectivity index (χ3n) is 5.19. The van der Waals surface area contributed by atoms with E-state index >= 15 is 0 Å². The Morgan fingerprint density at radius 1 is 1.50 bits per heavy atom. The average Bonchev–Trinajstić information content (AvgIpc) is 3.19. The van der Waals surface area contributed by atoms with Crippen LogP contribution >= 0.6 is 30.9 Å². The van der Waals surface area contributed by atoms with Crippen LogP contribution in [0.3, 0.4) is 0 Å². The van der Waals surface area contributed by atoms with E-state index in [-0.39, 0.29) is 18.7 Å². The highest BCUT2D eigenvalue weighted by atomic mass is 35.5. The Balaban J connectivity index is 1.54. The maximum atomic E-state index is 13.2. The predicted molar refractivity (Wildman–Crippen MR) is 116 cm³/mol. The molecular weight excluding hydrogens is 486 g/mol. The van der Waals surface area contributed by atoms with Gasteiger partial charge in [0.25, 0.3) is 0 Å². The van der Waals surface area contributed by atoms with Gasteiger partial charge in [-0.1, -0.05) is 11.6 Å². The highest BCUT2D eigenvalue weighted by Crippen LogP contribution is 2.58. The van der Waals surface area contributed by atoms with Crippen molar-refractivity contribution < 1.29 is 27.9 Å². The number of aromatic nitrogens is 2. The molecule has 7 atom stereocenters. The lowest BCUT2D eigenvalue weighted by Gasteiger charge is -2.36. The molecule has 15 heteroatoms. The highest BCUT2D eigenvalue weighted by Gasteiger charge is 2.60. The lowest BCUT2D eigenvalue weighted by molar-refractivity contribution is -0.149. The molecule has 4 heterocycles. The van der Waals surface area contributed by atoms with Crippen molar-refractivity contribution in [3.63, 3.8) is 0 Å². The van der Waals surface area contributed by atoms with Gasteiger partial charge in [-0.25, -0.2) is 14.6 Å². The zero-order valence-corrected chi connectivity index (χ0v) is 20.2. The number of nitrogens with one attached hydrogen (secondary N) is 2. The van der Waals surface area contributed by atoms with E-state index in [0.717, 1.165) is 0 Å². The summed E-state index contributed by atoms with van der Waals surface area (Å²) < 4.78 is 37.3. The summed E-state index contributed by atoms with van der Waals surface area (Å²) in [5.41, 5.74) is 5.60. The Morgan fingerprint density at radius 2 is 2.22 bits per heavy atom. The molecule has 3 aliphatic rings. The van der Waals surface area contributed by atoms with Gasteiger partial charge in [-0.2, -0.15) is 4.99 Å². The van der Waals surface area contributed by atoms with Crippen molar-refractivity contribution >= 4 is 48.7 Å². The molecule has 12 nitrogen and oxygen atoms in total. The van der Waals surface area contributed by atoms with Crippen LogP contribution in [0.25, 0.3) is 0 Å². The second kappa shape index (κ2) is 8.43. The zero-order valence-electron chi connectivity index (χ0n) is 17.8. The van der Waals surface area contributed by atoms with Crippen LogP contribution in [-0.4, -0.2) is 57.3 Å². The molecule has 4 rings (SSSR count). The minimum absolute atomic E-state index is 0.0678. The lowest BCUT2D eigenvalue weighted by atomic mass is 10.0. The molecule has 4 N–H and O–H groups in total. The first-order valence-electron chi connectivity index (χ1n) is 9.98. The largest absolute Gasteiger partial charge is 0.462 e. The summed E-state index contributed by atoms with van der Waals surface area (Å²) in [6.45, 7) is 6.56. The van der Waals surface area contributed by atoms with Crippen molar-refractivity contribution in [2.24, 2.45) is 10.7 Å². The van der Waals surface area contributed by atoms with E-state index in [1.807, 2.05) is 0 Å². The molecule has 0 spiro atoms. The van der Waals surface area contributed by atoms with Gasteiger partial charge in [0, 0.05) is 0 Å². The third-order valence-corrected chi connectivity index (χ3v) is 7.60. The molecule has 0 aromatic carbocycles. The van der Waals surface area contributed by atoms with Crippen molar-refractivity contribution in [1.29, 1.82) is 0 Å². The maximum Gasteiger partial charge on any atom is 0.406 e. The summed E-state index contributed by atoms with van der Waals surface area (Å²) in [5, 5.41) is 5.38. The first-order valence-corrected chi connectivity index (χ1v) is 12.3. The van der Waals surface area contributed by atoms with Crippen LogP contribution in [0.4, 0.5) is 5.82 Å². The van der Waals surface area contributed by atoms with E-state index in [1.165, 1.54) is 13.3 Å². The fraction of sp³-hybridized carbons (Fsp3) is 0.706. The first kappa shape index (κ1) is 23.7. The summed E-state index contributed by atoms with van der Waals surface area (Å²) in [6, 6.07) is -0.925. The molecule has 32 heavy (non-hydrogen) atoms. The van der Waals surface area contributed by atoms with E-state index in [0.29, 0.717) is 11.5 Å². The molecular formula is C17H25Cl2N6O6P. The number of nitrogens with zero attached hydrogens (tertiary/aromatic N) is 3.